The Labute approximate surface area is 211 Å². The van der Waals surface area contributed by atoms with Gasteiger partial charge in [0.05, 0.1) is 22.5 Å². The average molecular weight is 554 g/mol. The van der Waals surface area contributed by atoms with Crippen LogP contribution in [0.3, 0.4) is 0 Å². The summed E-state index contributed by atoms with van der Waals surface area (Å²) in [5, 5.41) is 10.2. The third-order valence-electron chi connectivity index (χ3n) is 5.47. The number of nitrogens with one attached hydrogen (secondary N) is 1. The van der Waals surface area contributed by atoms with Crippen LogP contribution in [0.5, 0.6) is 0 Å². The molecule has 0 aliphatic rings. The highest BCUT2D eigenvalue weighted by Crippen LogP contribution is 2.36. The zero-order valence-corrected chi connectivity index (χ0v) is 20.2. The van der Waals surface area contributed by atoms with Crippen molar-refractivity contribution in [1.29, 1.82) is 5.26 Å². The van der Waals surface area contributed by atoms with Crippen LogP contribution in [0.1, 0.15) is 23.6 Å². The second-order valence-corrected chi connectivity index (χ2v) is 9.93. The van der Waals surface area contributed by atoms with Crippen LogP contribution < -0.4 is 4.72 Å². The Balaban J connectivity index is 1.92. The number of alkyl halides is 6. The Bertz CT molecular complexity index is 1670. The molecule has 38 heavy (non-hydrogen) atoms. The maximum absolute atomic E-state index is 13.4. The molecule has 1 N–H and O–H groups in total. The monoisotopic (exact) mass is 554 g/mol. The van der Waals surface area contributed by atoms with Crippen molar-refractivity contribution in [2.45, 2.75) is 37.1 Å². The van der Waals surface area contributed by atoms with Gasteiger partial charge in [-0.25, -0.2) is 18.4 Å². The molecule has 0 fully saturated rings. The number of nitriles is 1. The maximum atomic E-state index is 13.4. The molecule has 0 aliphatic carbocycles. The quantitative estimate of drug-likeness (QED) is 0.351. The number of fused-ring (bicyclic) bond motifs is 1. The van der Waals surface area contributed by atoms with Gasteiger partial charge < -0.3 is 0 Å². The number of halogens is 6. The SMILES string of the molecule is Cc1cnc2c(c1)c(C#N)c(-c1ccc(S(=O)(=O)NC(C)C(F)(F)F)cn1)n2-c1cc(C(F)(F)F)ccn1. The standard InChI is InChI=1S/C23H16F6N6O2S/c1-12-7-16-17(9-30)20(18-4-3-15(11-32-18)38(36,37)34-13(2)22(24,25)26)35(21(16)33-10-12)19-8-14(5-6-31-19)23(27,28)29/h3-8,10-11,13,34H,1-2H3. The van der Waals surface area contributed by atoms with Crippen molar-refractivity contribution in [1.82, 2.24) is 24.2 Å². The molecule has 4 heterocycles. The Morgan fingerprint density at radius 1 is 1.03 bits per heavy atom. The van der Waals surface area contributed by atoms with Gasteiger partial charge in [-0.2, -0.15) is 36.3 Å². The van der Waals surface area contributed by atoms with Crippen LogP contribution in [-0.4, -0.2) is 40.2 Å². The molecule has 0 saturated heterocycles. The lowest BCUT2D eigenvalue weighted by atomic mass is 10.1. The molecule has 8 nitrogen and oxygen atoms in total. The van der Waals surface area contributed by atoms with E-state index in [4.69, 9.17) is 0 Å². The smallest absolute Gasteiger partial charge is 0.275 e. The molecule has 4 aromatic heterocycles. The highest BCUT2D eigenvalue weighted by atomic mass is 32.2. The third kappa shape index (κ3) is 5.04. The minimum atomic E-state index is -4.83. The second kappa shape index (κ2) is 9.37. The first-order valence-electron chi connectivity index (χ1n) is 10.6. The normalized spacial score (nSPS) is 13.4. The van der Waals surface area contributed by atoms with Gasteiger partial charge in [-0.3, -0.25) is 9.55 Å². The molecule has 0 amide bonds. The lowest BCUT2D eigenvalue weighted by Gasteiger charge is -2.17. The predicted molar refractivity (Wildman–Crippen MR) is 122 cm³/mol. The van der Waals surface area contributed by atoms with Crippen molar-refractivity contribution in [3.05, 3.63) is 65.6 Å². The average Bonchev–Trinajstić information content (AvgIpc) is 3.16. The van der Waals surface area contributed by atoms with Gasteiger partial charge in [0.25, 0.3) is 0 Å². The van der Waals surface area contributed by atoms with Crippen LogP contribution in [-0.2, 0) is 16.2 Å². The first kappa shape index (κ1) is 27.0. The van der Waals surface area contributed by atoms with Crippen LogP contribution in [0, 0.1) is 18.3 Å². The van der Waals surface area contributed by atoms with E-state index in [1.807, 2.05) is 6.07 Å². The summed E-state index contributed by atoms with van der Waals surface area (Å²) in [7, 11) is -4.63. The van der Waals surface area contributed by atoms with E-state index in [0.29, 0.717) is 12.5 Å². The van der Waals surface area contributed by atoms with Crippen molar-refractivity contribution in [2.24, 2.45) is 0 Å². The molecular weight excluding hydrogens is 538 g/mol. The first-order chi connectivity index (χ1) is 17.6. The minimum Gasteiger partial charge on any atom is -0.275 e. The van der Waals surface area contributed by atoms with Crippen LogP contribution in [0.15, 0.2) is 53.8 Å². The van der Waals surface area contributed by atoms with Crippen molar-refractivity contribution in [3.63, 3.8) is 0 Å². The van der Waals surface area contributed by atoms with E-state index in [-0.39, 0.29) is 33.8 Å². The fraction of sp³-hybridized carbons (Fsp3) is 0.217. The van der Waals surface area contributed by atoms with Gasteiger partial charge in [0.2, 0.25) is 10.0 Å². The highest BCUT2D eigenvalue weighted by Gasteiger charge is 2.39. The summed E-state index contributed by atoms with van der Waals surface area (Å²) in [5.74, 6) is -0.239. The van der Waals surface area contributed by atoms with E-state index in [9.17, 15) is 40.0 Å². The number of aromatic nitrogens is 4. The van der Waals surface area contributed by atoms with Crippen LogP contribution in [0.4, 0.5) is 26.3 Å². The Morgan fingerprint density at radius 2 is 1.74 bits per heavy atom. The number of pyridine rings is 3. The summed E-state index contributed by atoms with van der Waals surface area (Å²) in [6.07, 6.45) is -6.37. The van der Waals surface area contributed by atoms with Gasteiger partial charge in [0.1, 0.15) is 28.5 Å². The predicted octanol–water partition coefficient (Wildman–Crippen LogP) is 4.91. The molecule has 4 aromatic rings. The number of aryl methyl sites for hydroxylation is 1. The topological polar surface area (TPSA) is 114 Å². The van der Waals surface area contributed by atoms with Crippen LogP contribution in [0.25, 0.3) is 28.2 Å². The lowest BCUT2D eigenvalue weighted by Crippen LogP contribution is -2.42. The van der Waals surface area contributed by atoms with Gasteiger partial charge in [-0.1, -0.05) is 0 Å². The van der Waals surface area contributed by atoms with Crippen LogP contribution >= 0.6 is 0 Å². The summed E-state index contributed by atoms with van der Waals surface area (Å²) in [4.78, 5) is 11.7. The molecule has 0 radical (unpaired) electrons. The maximum Gasteiger partial charge on any atom is 0.416 e. The number of nitrogens with zero attached hydrogens (tertiary/aromatic N) is 5. The van der Waals surface area contributed by atoms with E-state index in [1.54, 1.807) is 13.0 Å². The Kier molecular flexibility index (Phi) is 6.66. The van der Waals surface area contributed by atoms with Crippen LogP contribution in [0.2, 0.25) is 0 Å². The fourth-order valence-electron chi connectivity index (χ4n) is 3.61. The van der Waals surface area contributed by atoms with Crippen molar-refractivity contribution < 1.29 is 34.8 Å². The fourth-order valence-corrected chi connectivity index (χ4v) is 4.79. The zero-order chi connectivity index (χ0) is 28.0. The molecule has 0 bridgehead atoms. The number of rotatable bonds is 5. The van der Waals surface area contributed by atoms with Gasteiger partial charge in [0, 0.05) is 24.0 Å². The van der Waals surface area contributed by atoms with Crippen molar-refractivity contribution >= 4 is 21.1 Å². The zero-order valence-electron chi connectivity index (χ0n) is 19.4. The molecular formula is C23H16F6N6O2S. The van der Waals surface area contributed by atoms with E-state index >= 15 is 0 Å². The van der Waals surface area contributed by atoms with E-state index in [1.165, 1.54) is 15.5 Å². The van der Waals surface area contributed by atoms with E-state index in [0.717, 1.165) is 36.7 Å². The summed E-state index contributed by atoms with van der Waals surface area (Å²) < 4.78 is 106. The molecule has 0 aliphatic heterocycles. The van der Waals surface area contributed by atoms with Gasteiger partial charge >= 0.3 is 12.4 Å². The molecule has 0 saturated carbocycles. The molecule has 4 rings (SSSR count). The molecule has 0 aromatic carbocycles. The Morgan fingerprint density at radius 3 is 2.32 bits per heavy atom. The van der Waals surface area contributed by atoms with Crippen molar-refractivity contribution in [2.75, 3.05) is 0 Å². The first-order valence-corrected chi connectivity index (χ1v) is 12.1. The minimum absolute atomic E-state index is 0.0256. The van der Waals surface area contributed by atoms with Gasteiger partial charge in [-0.15, -0.1) is 0 Å². The summed E-state index contributed by atoms with van der Waals surface area (Å²) >= 11 is 0. The number of hydrogen-bond donors (Lipinski definition) is 1. The molecule has 1 atom stereocenters. The number of sulfonamides is 1. The summed E-state index contributed by atoms with van der Waals surface area (Å²) in [6, 6.07) is 4.82. The largest absolute Gasteiger partial charge is 0.416 e. The molecule has 0 spiro atoms. The van der Waals surface area contributed by atoms with Gasteiger partial charge in [-0.05, 0) is 49.7 Å². The second-order valence-electron chi connectivity index (χ2n) is 8.22. The summed E-state index contributed by atoms with van der Waals surface area (Å²) in [5.41, 5.74) is -0.392. The lowest BCUT2D eigenvalue weighted by molar-refractivity contribution is -0.147. The highest BCUT2D eigenvalue weighted by molar-refractivity contribution is 7.89. The number of hydrogen-bond acceptors (Lipinski definition) is 6. The van der Waals surface area contributed by atoms with E-state index < -0.39 is 38.9 Å². The third-order valence-corrected chi connectivity index (χ3v) is 7.00. The summed E-state index contributed by atoms with van der Waals surface area (Å²) in [6.45, 7) is 2.33. The van der Waals surface area contributed by atoms with Crippen molar-refractivity contribution in [3.8, 4) is 23.3 Å². The molecule has 198 valence electrons. The molecule has 15 heteroatoms. The Hall–Kier alpha value is -4.03. The van der Waals surface area contributed by atoms with Gasteiger partial charge in [0.15, 0.2) is 0 Å². The van der Waals surface area contributed by atoms with E-state index in [2.05, 4.69) is 15.0 Å². The molecule has 1 unspecified atom stereocenters.